The second-order valence-corrected chi connectivity index (χ2v) is 8.21. The number of benzene rings is 1. The number of rotatable bonds is 10. The summed E-state index contributed by atoms with van der Waals surface area (Å²) in [6, 6.07) is 5.90. The van der Waals surface area contributed by atoms with Crippen LogP contribution >= 0.6 is 0 Å². The molecule has 1 atom stereocenters. The van der Waals surface area contributed by atoms with Gasteiger partial charge in [0.2, 0.25) is 10.0 Å². The third-order valence-electron chi connectivity index (χ3n) is 4.33. The van der Waals surface area contributed by atoms with Crippen molar-refractivity contribution in [3.63, 3.8) is 0 Å². The zero-order valence-corrected chi connectivity index (χ0v) is 16.8. The summed E-state index contributed by atoms with van der Waals surface area (Å²) in [6.45, 7) is 8.18. The van der Waals surface area contributed by atoms with Gasteiger partial charge in [-0.05, 0) is 37.6 Å². The Bertz CT molecular complexity index is 687. The Labute approximate surface area is 161 Å². The van der Waals surface area contributed by atoms with Gasteiger partial charge in [-0.15, -0.1) is 0 Å². The minimum Gasteiger partial charge on any atom is -0.484 e. The SMILES string of the molecule is CC[C@@H](C)NS(=O)(=O)c1ccc(OCC(=O)NCCN2CCOCC2)cc1. The first-order chi connectivity index (χ1) is 12.9. The Morgan fingerprint density at radius 2 is 1.93 bits per heavy atom. The Balaban J connectivity index is 1.73. The summed E-state index contributed by atoms with van der Waals surface area (Å²) >= 11 is 0. The van der Waals surface area contributed by atoms with Crippen molar-refractivity contribution < 1.29 is 22.7 Å². The van der Waals surface area contributed by atoms with Crippen LogP contribution in [0.3, 0.4) is 0 Å². The first kappa shape index (κ1) is 21.6. The smallest absolute Gasteiger partial charge is 0.257 e. The van der Waals surface area contributed by atoms with E-state index in [1.807, 2.05) is 13.8 Å². The van der Waals surface area contributed by atoms with Crippen LogP contribution in [0.15, 0.2) is 29.2 Å². The molecule has 0 spiro atoms. The molecule has 1 heterocycles. The molecule has 0 aromatic heterocycles. The lowest BCUT2D eigenvalue weighted by Crippen LogP contribution is -2.42. The minimum atomic E-state index is -3.54. The maximum Gasteiger partial charge on any atom is 0.257 e. The molecule has 0 unspecified atom stereocenters. The number of amides is 1. The second kappa shape index (κ2) is 10.6. The van der Waals surface area contributed by atoms with E-state index in [1.165, 1.54) is 12.1 Å². The van der Waals surface area contributed by atoms with Crippen LogP contribution in [0.1, 0.15) is 20.3 Å². The number of ether oxygens (including phenoxy) is 2. The molecule has 1 saturated heterocycles. The van der Waals surface area contributed by atoms with Gasteiger partial charge in [0, 0.05) is 32.2 Å². The van der Waals surface area contributed by atoms with E-state index in [4.69, 9.17) is 9.47 Å². The molecule has 2 N–H and O–H groups in total. The fourth-order valence-electron chi connectivity index (χ4n) is 2.51. The highest BCUT2D eigenvalue weighted by Gasteiger charge is 2.16. The third kappa shape index (κ3) is 7.45. The van der Waals surface area contributed by atoms with Gasteiger partial charge in [0.05, 0.1) is 18.1 Å². The zero-order chi connectivity index (χ0) is 19.7. The van der Waals surface area contributed by atoms with Crippen molar-refractivity contribution in [1.29, 1.82) is 0 Å². The summed E-state index contributed by atoms with van der Waals surface area (Å²) in [5, 5.41) is 2.81. The molecule has 0 bridgehead atoms. The number of sulfonamides is 1. The minimum absolute atomic E-state index is 0.111. The van der Waals surface area contributed by atoms with E-state index in [0.29, 0.717) is 18.7 Å². The van der Waals surface area contributed by atoms with Gasteiger partial charge in [-0.2, -0.15) is 0 Å². The lowest BCUT2D eigenvalue weighted by atomic mass is 10.3. The molecule has 1 aromatic rings. The number of carbonyl (C=O) groups is 1. The molecule has 27 heavy (non-hydrogen) atoms. The summed E-state index contributed by atoms with van der Waals surface area (Å²) < 4.78 is 37.7. The van der Waals surface area contributed by atoms with Crippen LogP contribution in [0.2, 0.25) is 0 Å². The average Bonchev–Trinajstić information content (AvgIpc) is 2.67. The highest BCUT2D eigenvalue weighted by molar-refractivity contribution is 7.89. The van der Waals surface area contributed by atoms with Gasteiger partial charge in [-0.3, -0.25) is 9.69 Å². The normalized spacial score (nSPS) is 16.7. The van der Waals surface area contributed by atoms with Crippen molar-refractivity contribution in [1.82, 2.24) is 14.9 Å². The van der Waals surface area contributed by atoms with Crippen molar-refractivity contribution in [2.75, 3.05) is 46.0 Å². The van der Waals surface area contributed by atoms with Gasteiger partial charge in [-0.25, -0.2) is 13.1 Å². The highest BCUT2D eigenvalue weighted by atomic mass is 32.2. The maximum absolute atomic E-state index is 12.2. The first-order valence-corrected chi connectivity index (χ1v) is 10.7. The molecule has 2 rings (SSSR count). The highest BCUT2D eigenvalue weighted by Crippen LogP contribution is 2.16. The summed E-state index contributed by atoms with van der Waals surface area (Å²) in [4.78, 5) is 14.3. The molecule has 9 heteroatoms. The average molecular weight is 400 g/mol. The van der Waals surface area contributed by atoms with Gasteiger partial charge in [-0.1, -0.05) is 6.92 Å². The predicted octanol–water partition coefficient (Wildman–Crippen LogP) is 0.591. The summed E-state index contributed by atoms with van der Waals surface area (Å²) in [5.74, 6) is 0.235. The number of morpholine rings is 1. The van der Waals surface area contributed by atoms with Crippen LogP contribution in [0.25, 0.3) is 0 Å². The lowest BCUT2D eigenvalue weighted by molar-refractivity contribution is -0.123. The monoisotopic (exact) mass is 399 g/mol. The molecule has 1 amide bonds. The summed E-state index contributed by atoms with van der Waals surface area (Å²) in [6.07, 6.45) is 0.709. The van der Waals surface area contributed by atoms with E-state index < -0.39 is 10.0 Å². The van der Waals surface area contributed by atoms with Crippen molar-refractivity contribution >= 4 is 15.9 Å². The number of nitrogens with one attached hydrogen (secondary N) is 2. The molecule has 1 aliphatic heterocycles. The molecule has 1 fully saturated rings. The molecular weight excluding hydrogens is 370 g/mol. The van der Waals surface area contributed by atoms with Crippen LogP contribution in [-0.2, 0) is 19.6 Å². The van der Waals surface area contributed by atoms with Gasteiger partial charge in [0.25, 0.3) is 5.91 Å². The number of hydrogen-bond acceptors (Lipinski definition) is 6. The van der Waals surface area contributed by atoms with Gasteiger partial charge < -0.3 is 14.8 Å². The Kier molecular flexibility index (Phi) is 8.49. The molecule has 1 aromatic carbocycles. The number of nitrogens with zero attached hydrogens (tertiary/aromatic N) is 1. The molecule has 0 aliphatic carbocycles. The number of hydrogen-bond donors (Lipinski definition) is 2. The molecule has 1 aliphatic rings. The van der Waals surface area contributed by atoms with E-state index in [0.717, 1.165) is 32.8 Å². The van der Waals surface area contributed by atoms with E-state index in [9.17, 15) is 13.2 Å². The largest absolute Gasteiger partial charge is 0.484 e. The van der Waals surface area contributed by atoms with Crippen LogP contribution in [0.5, 0.6) is 5.75 Å². The zero-order valence-electron chi connectivity index (χ0n) is 15.9. The Morgan fingerprint density at radius 1 is 1.26 bits per heavy atom. The lowest BCUT2D eigenvalue weighted by Gasteiger charge is -2.26. The fourth-order valence-corrected chi connectivity index (χ4v) is 3.84. The quantitative estimate of drug-likeness (QED) is 0.598. The van der Waals surface area contributed by atoms with E-state index in [-0.39, 0.29) is 23.5 Å². The molecule has 0 radical (unpaired) electrons. The Morgan fingerprint density at radius 3 is 2.56 bits per heavy atom. The van der Waals surface area contributed by atoms with E-state index in [2.05, 4.69) is 14.9 Å². The van der Waals surface area contributed by atoms with Gasteiger partial charge >= 0.3 is 0 Å². The van der Waals surface area contributed by atoms with Crippen molar-refractivity contribution in [3.05, 3.63) is 24.3 Å². The standard InChI is InChI=1S/C18H29N3O5S/c1-3-15(2)20-27(23,24)17-6-4-16(5-7-17)26-14-18(22)19-8-9-21-10-12-25-13-11-21/h4-7,15,20H,3,8-14H2,1-2H3,(H,19,22)/t15-/m1/s1. The summed E-state index contributed by atoms with van der Waals surface area (Å²) in [7, 11) is -3.54. The molecule has 0 saturated carbocycles. The number of carbonyl (C=O) groups excluding carboxylic acids is 1. The topological polar surface area (TPSA) is 97.0 Å². The first-order valence-electron chi connectivity index (χ1n) is 9.22. The second-order valence-electron chi connectivity index (χ2n) is 6.49. The molecular formula is C18H29N3O5S. The molecule has 8 nitrogen and oxygen atoms in total. The van der Waals surface area contributed by atoms with Crippen LogP contribution in [-0.4, -0.2) is 71.3 Å². The van der Waals surface area contributed by atoms with E-state index in [1.54, 1.807) is 12.1 Å². The predicted molar refractivity (Wildman–Crippen MR) is 102 cm³/mol. The Hall–Kier alpha value is -1.68. The summed E-state index contributed by atoms with van der Waals surface area (Å²) in [5.41, 5.74) is 0. The van der Waals surface area contributed by atoms with E-state index >= 15 is 0 Å². The fraction of sp³-hybridized carbons (Fsp3) is 0.611. The maximum atomic E-state index is 12.2. The van der Waals surface area contributed by atoms with Crippen molar-refractivity contribution in [2.24, 2.45) is 0 Å². The third-order valence-corrected chi connectivity index (χ3v) is 5.93. The van der Waals surface area contributed by atoms with Crippen LogP contribution in [0, 0.1) is 0 Å². The van der Waals surface area contributed by atoms with Gasteiger partial charge in [0.15, 0.2) is 6.61 Å². The van der Waals surface area contributed by atoms with Crippen LogP contribution < -0.4 is 14.8 Å². The van der Waals surface area contributed by atoms with Crippen molar-refractivity contribution in [3.8, 4) is 5.75 Å². The van der Waals surface area contributed by atoms with Crippen LogP contribution in [0.4, 0.5) is 0 Å². The van der Waals surface area contributed by atoms with Crippen molar-refractivity contribution in [2.45, 2.75) is 31.2 Å². The van der Waals surface area contributed by atoms with Gasteiger partial charge in [0.1, 0.15) is 5.75 Å². The molecule has 152 valence electrons.